The molecule has 1 aromatic carbocycles. The predicted molar refractivity (Wildman–Crippen MR) is 97.2 cm³/mol. The summed E-state index contributed by atoms with van der Waals surface area (Å²) in [7, 11) is 0. The molecular weight excluding hydrogens is 369 g/mol. The lowest BCUT2D eigenvalue weighted by Gasteiger charge is -2.41. The molecule has 0 spiro atoms. The standard InChI is InChI=1S/C19H20FN3O5/c1-19(2)10-23(15(9-28-19)18(26)27)16(24)8-21-17(25)14-5-3-11-7-12(20)4-6-13(11)22-14/h3-7,15H,8-10H2,1-2H3,(H,21,25)(H,26,27). The number of amides is 2. The largest absolute Gasteiger partial charge is 0.480 e. The van der Waals surface area contributed by atoms with Crippen LogP contribution in [0.3, 0.4) is 0 Å². The first-order chi connectivity index (χ1) is 13.2. The Morgan fingerprint density at radius 1 is 1.32 bits per heavy atom. The van der Waals surface area contributed by atoms with Gasteiger partial charge in [0.1, 0.15) is 11.5 Å². The molecule has 3 rings (SSSR count). The number of carbonyl (C=O) groups excluding carboxylic acids is 2. The van der Waals surface area contributed by atoms with Crippen LogP contribution in [0.2, 0.25) is 0 Å². The van der Waals surface area contributed by atoms with E-state index in [-0.39, 0.29) is 25.4 Å². The Bertz CT molecular complexity index is 946. The number of aromatic nitrogens is 1. The highest BCUT2D eigenvalue weighted by atomic mass is 19.1. The molecule has 9 heteroatoms. The smallest absolute Gasteiger partial charge is 0.328 e. The minimum atomic E-state index is -1.17. The predicted octanol–water partition coefficient (Wildman–Crippen LogP) is 1.19. The van der Waals surface area contributed by atoms with E-state index in [4.69, 9.17) is 4.74 Å². The number of hydrogen-bond acceptors (Lipinski definition) is 5. The average molecular weight is 389 g/mol. The molecule has 1 atom stereocenters. The van der Waals surface area contributed by atoms with Crippen molar-refractivity contribution in [2.24, 2.45) is 0 Å². The average Bonchev–Trinajstić information content (AvgIpc) is 2.64. The van der Waals surface area contributed by atoms with E-state index in [0.717, 1.165) is 0 Å². The van der Waals surface area contributed by atoms with E-state index in [0.29, 0.717) is 10.9 Å². The number of morpholine rings is 1. The fourth-order valence-electron chi connectivity index (χ4n) is 3.00. The Morgan fingerprint density at radius 3 is 2.79 bits per heavy atom. The first kappa shape index (κ1) is 19.7. The summed E-state index contributed by atoms with van der Waals surface area (Å²) in [5, 5.41) is 12.3. The zero-order chi connectivity index (χ0) is 20.5. The monoisotopic (exact) mass is 389 g/mol. The number of carbonyl (C=O) groups is 3. The maximum absolute atomic E-state index is 13.2. The number of aliphatic carboxylic acids is 1. The molecule has 1 fully saturated rings. The number of benzene rings is 1. The molecule has 0 radical (unpaired) electrons. The van der Waals surface area contributed by atoms with Crippen molar-refractivity contribution in [3.8, 4) is 0 Å². The van der Waals surface area contributed by atoms with Gasteiger partial charge in [-0.1, -0.05) is 6.07 Å². The third kappa shape index (κ3) is 4.25. The normalized spacial score (nSPS) is 18.7. The molecule has 8 nitrogen and oxygen atoms in total. The summed E-state index contributed by atoms with van der Waals surface area (Å²) in [6, 6.07) is 5.89. The molecule has 1 unspecified atom stereocenters. The van der Waals surface area contributed by atoms with Gasteiger partial charge in [0.15, 0.2) is 6.04 Å². The molecule has 1 aliphatic rings. The highest BCUT2D eigenvalue weighted by Crippen LogP contribution is 2.21. The van der Waals surface area contributed by atoms with Crippen LogP contribution in [0.1, 0.15) is 24.3 Å². The van der Waals surface area contributed by atoms with Crippen LogP contribution in [-0.4, -0.2) is 64.1 Å². The van der Waals surface area contributed by atoms with Crippen molar-refractivity contribution in [1.82, 2.24) is 15.2 Å². The second-order valence-corrected chi connectivity index (χ2v) is 7.16. The topological polar surface area (TPSA) is 109 Å². The zero-order valence-electron chi connectivity index (χ0n) is 15.4. The van der Waals surface area contributed by atoms with E-state index in [1.54, 1.807) is 19.9 Å². The number of halogens is 1. The molecule has 2 heterocycles. The highest BCUT2D eigenvalue weighted by molar-refractivity contribution is 5.97. The third-order valence-corrected chi connectivity index (χ3v) is 4.45. The second-order valence-electron chi connectivity index (χ2n) is 7.16. The first-order valence-electron chi connectivity index (χ1n) is 8.67. The van der Waals surface area contributed by atoms with Crippen molar-refractivity contribution in [3.63, 3.8) is 0 Å². The van der Waals surface area contributed by atoms with Gasteiger partial charge in [0.25, 0.3) is 5.91 Å². The Morgan fingerprint density at radius 2 is 2.07 bits per heavy atom. The van der Waals surface area contributed by atoms with E-state index in [2.05, 4.69) is 10.3 Å². The molecule has 1 aromatic heterocycles. The third-order valence-electron chi connectivity index (χ3n) is 4.45. The van der Waals surface area contributed by atoms with Gasteiger partial charge in [-0.3, -0.25) is 9.59 Å². The van der Waals surface area contributed by atoms with E-state index in [1.165, 1.54) is 29.2 Å². The molecule has 1 aliphatic heterocycles. The number of carboxylic acid groups (broad SMARTS) is 1. The fourth-order valence-corrected chi connectivity index (χ4v) is 3.00. The number of fused-ring (bicyclic) bond motifs is 1. The second kappa shape index (κ2) is 7.51. The molecule has 1 saturated heterocycles. The maximum atomic E-state index is 13.2. The van der Waals surface area contributed by atoms with Crippen LogP contribution in [0.15, 0.2) is 30.3 Å². The Balaban J connectivity index is 1.68. The van der Waals surface area contributed by atoms with Crippen molar-refractivity contribution < 1.29 is 28.6 Å². The molecule has 0 saturated carbocycles. The van der Waals surface area contributed by atoms with Crippen molar-refractivity contribution in [2.75, 3.05) is 19.7 Å². The van der Waals surface area contributed by atoms with Gasteiger partial charge in [-0.2, -0.15) is 0 Å². The minimum absolute atomic E-state index is 0.0731. The van der Waals surface area contributed by atoms with Gasteiger partial charge in [0, 0.05) is 5.39 Å². The van der Waals surface area contributed by atoms with Crippen molar-refractivity contribution in [1.29, 1.82) is 0 Å². The van der Waals surface area contributed by atoms with Crippen LogP contribution < -0.4 is 5.32 Å². The summed E-state index contributed by atoms with van der Waals surface area (Å²) >= 11 is 0. The summed E-state index contributed by atoms with van der Waals surface area (Å²) in [5.74, 6) is -2.68. The fraction of sp³-hybridized carbons (Fsp3) is 0.368. The maximum Gasteiger partial charge on any atom is 0.328 e. The Labute approximate surface area is 160 Å². The van der Waals surface area contributed by atoms with Gasteiger partial charge in [-0.25, -0.2) is 14.2 Å². The van der Waals surface area contributed by atoms with Gasteiger partial charge in [0.2, 0.25) is 5.91 Å². The number of pyridine rings is 1. The van der Waals surface area contributed by atoms with Crippen LogP contribution in [0, 0.1) is 5.82 Å². The number of nitrogens with one attached hydrogen (secondary N) is 1. The number of rotatable bonds is 4. The van der Waals surface area contributed by atoms with E-state index < -0.39 is 35.2 Å². The first-order valence-corrected chi connectivity index (χ1v) is 8.67. The molecule has 148 valence electrons. The van der Waals surface area contributed by atoms with Crippen LogP contribution in [0.5, 0.6) is 0 Å². The number of carboxylic acids is 1. The number of hydrogen-bond donors (Lipinski definition) is 2. The Kier molecular flexibility index (Phi) is 5.28. The molecule has 28 heavy (non-hydrogen) atoms. The highest BCUT2D eigenvalue weighted by Gasteiger charge is 2.40. The van der Waals surface area contributed by atoms with E-state index in [9.17, 15) is 23.9 Å². The summed E-state index contributed by atoms with van der Waals surface area (Å²) in [6.07, 6.45) is 0. The molecule has 0 bridgehead atoms. The Hall–Kier alpha value is -3.07. The van der Waals surface area contributed by atoms with E-state index >= 15 is 0 Å². The summed E-state index contributed by atoms with van der Waals surface area (Å²) < 4.78 is 18.7. The van der Waals surface area contributed by atoms with Gasteiger partial charge in [-0.05, 0) is 38.1 Å². The molecule has 2 aromatic rings. The quantitative estimate of drug-likeness (QED) is 0.813. The molecular formula is C19H20FN3O5. The molecule has 2 N–H and O–H groups in total. The zero-order valence-corrected chi connectivity index (χ0v) is 15.4. The van der Waals surface area contributed by atoms with Crippen LogP contribution in [-0.2, 0) is 14.3 Å². The van der Waals surface area contributed by atoms with Gasteiger partial charge >= 0.3 is 5.97 Å². The molecule has 2 amide bonds. The lowest BCUT2D eigenvalue weighted by molar-refractivity contribution is -0.171. The SMILES string of the molecule is CC1(C)CN(C(=O)CNC(=O)c2ccc3cc(F)ccc3n2)C(C(=O)O)CO1. The summed E-state index contributed by atoms with van der Waals surface area (Å²) in [5.41, 5.74) is -0.161. The number of ether oxygens (including phenoxy) is 1. The van der Waals surface area contributed by atoms with Crippen LogP contribution in [0.25, 0.3) is 10.9 Å². The van der Waals surface area contributed by atoms with Crippen molar-refractivity contribution in [2.45, 2.75) is 25.5 Å². The van der Waals surface area contributed by atoms with Crippen LogP contribution in [0.4, 0.5) is 4.39 Å². The van der Waals surface area contributed by atoms with Gasteiger partial charge in [-0.15, -0.1) is 0 Å². The lowest BCUT2D eigenvalue weighted by Crippen LogP contribution is -2.60. The van der Waals surface area contributed by atoms with Gasteiger partial charge in [0.05, 0.1) is 30.8 Å². The molecule has 0 aliphatic carbocycles. The minimum Gasteiger partial charge on any atom is -0.480 e. The van der Waals surface area contributed by atoms with Crippen LogP contribution >= 0.6 is 0 Å². The lowest BCUT2D eigenvalue weighted by atomic mass is 10.0. The van der Waals surface area contributed by atoms with E-state index in [1.807, 2.05) is 0 Å². The van der Waals surface area contributed by atoms with Crippen molar-refractivity contribution >= 4 is 28.7 Å². The summed E-state index contributed by atoms with van der Waals surface area (Å²) in [4.78, 5) is 41.6. The summed E-state index contributed by atoms with van der Waals surface area (Å²) in [6.45, 7) is 3.11. The van der Waals surface area contributed by atoms with Crippen molar-refractivity contribution in [3.05, 3.63) is 41.8 Å². The number of nitrogens with zero attached hydrogens (tertiary/aromatic N) is 2. The van der Waals surface area contributed by atoms with Gasteiger partial charge < -0.3 is 20.1 Å².